The fourth-order valence-electron chi connectivity index (χ4n) is 2.10. The van der Waals surface area contributed by atoms with Crippen molar-refractivity contribution in [1.82, 2.24) is 5.32 Å². The van der Waals surface area contributed by atoms with Crippen molar-refractivity contribution >= 4 is 11.9 Å². The van der Waals surface area contributed by atoms with E-state index >= 15 is 0 Å². The van der Waals surface area contributed by atoms with Gasteiger partial charge in [-0.05, 0) is 50.2 Å². The number of methoxy groups -OCH3 is 1. The van der Waals surface area contributed by atoms with Crippen LogP contribution in [0.2, 0.25) is 0 Å². The molecule has 0 aliphatic heterocycles. The number of esters is 1. The Labute approximate surface area is 206 Å². The SMILES string of the molecule is C=C.C=CC.CC.CC.COC(=O)C(NC(=O)c1ccc(C#Cc2ccccc2)cc1)C(C)O. The number of nitrogens with one attached hydrogen (secondary N) is 1. The fourth-order valence-corrected chi connectivity index (χ4v) is 2.10. The molecule has 2 atom stereocenters. The van der Waals surface area contributed by atoms with Crippen LogP contribution in [0.5, 0.6) is 0 Å². The lowest BCUT2D eigenvalue weighted by Gasteiger charge is -2.18. The molecule has 0 saturated heterocycles. The highest BCUT2D eigenvalue weighted by Crippen LogP contribution is 2.06. The number of ether oxygens (including phenoxy) is 1. The Hall–Kier alpha value is -3.62. The van der Waals surface area contributed by atoms with Crippen LogP contribution in [0.15, 0.2) is 80.4 Å². The van der Waals surface area contributed by atoms with E-state index in [1.807, 2.05) is 65.0 Å². The molecule has 0 heterocycles. The summed E-state index contributed by atoms with van der Waals surface area (Å²) in [7, 11) is 1.20. The molecule has 2 N–H and O–H groups in total. The van der Waals surface area contributed by atoms with Gasteiger partial charge in [-0.1, -0.05) is 63.8 Å². The van der Waals surface area contributed by atoms with Crippen LogP contribution in [-0.2, 0) is 9.53 Å². The molecule has 1 amide bonds. The van der Waals surface area contributed by atoms with Gasteiger partial charge in [0.05, 0.1) is 13.2 Å². The van der Waals surface area contributed by atoms with Crippen molar-refractivity contribution in [2.45, 2.75) is 53.7 Å². The Morgan fingerprint density at radius 3 is 1.74 bits per heavy atom. The van der Waals surface area contributed by atoms with Crippen molar-refractivity contribution < 1.29 is 19.4 Å². The Kier molecular flexibility index (Phi) is 24.7. The van der Waals surface area contributed by atoms with Gasteiger partial charge < -0.3 is 15.2 Å². The van der Waals surface area contributed by atoms with Crippen LogP contribution in [0.4, 0.5) is 0 Å². The molecule has 5 heteroatoms. The van der Waals surface area contributed by atoms with Gasteiger partial charge in [0, 0.05) is 16.7 Å². The molecule has 34 heavy (non-hydrogen) atoms. The van der Waals surface area contributed by atoms with Gasteiger partial charge in [-0.25, -0.2) is 4.79 Å². The molecule has 0 aromatic heterocycles. The summed E-state index contributed by atoms with van der Waals surface area (Å²) in [4.78, 5) is 23.8. The van der Waals surface area contributed by atoms with E-state index in [9.17, 15) is 14.7 Å². The minimum atomic E-state index is -1.12. The molecule has 0 aliphatic rings. The zero-order valence-electron chi connectivity index (χ0n) is 21.7. The molecule has 0 aliphatic carbocycles. The average molecular weight is 468 g/mol. The number of aliphatic hydroxyl groups is 1. The van der Waals surface area contributed by atoms with Gasteiger partial charge in [0.15, 0.2) is 6.04 Å². The lowest BCUT2D eigenvalue weighted by atomic mass is 10.1. The van der Waals surface area contributed by atoms with Gasteiger partial charge >= 0.3 is 5.97 Å². The summed E-state index contributed by atoms with van der Waals surface area (Å²) >= 11 is 0. The van der Waals surface area contributed by atoms with E-state index in [1.54, 1.807) is 30.3 Å². The van der Waals surface area contributed by atoms with Crippen LogP contribution in [0.25, 0.3) is 0 Å². The third-order valence-electron chi connectivity index (χ3n) is 3.50. The molecule has 5 nitrogen and oxygen atoms in total. The molecule has 186 valence electrons. The highest BCUT2D eigenvalue weighted by Gasteiger charge is 2.26. The zero-order valence-corrected chi connectivity index (χ0v) is 21.7. The first kappa shape index (κ1) is 35.0. The maximum absolute atomic E-state index is 12.2. The highest BCUT2D eigenvalue weighted by molar-refractivity contribution is 5.97. The Morgan fingerprint density at radius 2 is 1.35 bits per heavy atom. The largest absolute Gasteiger partial charge is 0.467 e. The standard InChI is InChI=1S/C20H19NO4.C3H6.2C2H6.C2H4/c1-14(22)18(20(24)25-2)21-19(23)17-12-10-16(11-13-17)9-8-15-6-4-3-5-7-15;1-3-2;3*1-2/h3-7,10-14,18,22H,1-2H3,(H,21,23);3H,1H2,2H3;2*1-2H3;1-2H2. The number of rotatable bonds is 4. The number of carbonyl (C=O) groups excluding carboxylic acids is 2. The molecule has 0 saturated carbocycles. The molecule has 2 unspecified atom stereocenters. The summed E-state index contributed by atoms with van der Waals surface area (Å²) in [5.41, 5.74) is 2.03. The first-order valence-corrected chi connectivity index (χ1v) is 11.2. The first-order chi connectivity index (χ1) is 16.4. The van der Waals surface area contributed by atoms with Gasteiger partial charge in [0.25, 0.3) is 5.91 Å². The smallest absolute Gasteiger partial charge is 0.331 e. The van der Waals surface area contributed by atoms with E-state index in [2.05, 4.69) is 41.6 Å². The lowest BCUT2D eigenvalue weighted by molar-refractivity contribution is -0.145. The third kappa shape index (κ3) is 15.2. The number of benzene rings is 2. The van der Waals surface area contributed by atoms with Crippen molar-refractivity contribution in [3.63, 3.8) is 0 Å². The molecule has 0 fully saturated rings. The summed E-state index contributed by atoms with van der Waals surface area (Å²) < 4.78 is 4.57. The Morgan fingerprint density at radius 1 is 0.941 bits per heavy atom. The van der Waals surface area contributed by atoms with E-state index in [1.165, 1.54) is 14.0 Å². The van der Waals surface area contributed by atoms with E-state index in [0.717, 1.165) is 11.1 Å². The number of carbonyl (C=O) groups is 2. The van der Waals surface area contributed by atoms with E-state index in [-0.39, 0.29) is 0 Å². The van der Waals surface area contributed by atoms with Crippen molar-refractivity contribution in [2.75, 3.05) is 7.11 Å². The van der Waals surface area contributed by atoms with E-state index in [0.29, 0.717) is 5.56 Å². The van der Waals surface area contributed by atoms with Gasteiger partial charge in [-0.15, -0.1) is 19.7 Å². The van der Waals surface area contributed by atoms with Crippen molar-refractivity contribution in [2.24, 2.45) is 0 Å². The van der Waals surface area contributed by atoms with Crippen LogP contribution in [-0.4, -0.2) is 36.2 Å². The summed E-state index contributed by atoms with van der Waals surface area (Å²) in [5, 5.41) is 12.1. The van der Waals surface area contributed by atoms with Crippen LogP contribution >= 0.6 is 0 Å². The minimum Gasteiger partial charge on any atom is -0.467 e. The van der Waals surface area contributed by atoms with Gasteiger partial charge in [-0.2, -0.15) is 0 Å². The van der Waals surface area contributed by atoms with Crippen LogP contribution < -0.4 is 5.32 Å². The molecule has 0 spiro atoms. The first-order valence-electron chi connectivity index (χ1n) is 11.2. The van der Waals surface area contributed by atoms with E-state index < -0.39 is 24.0 Å². The maximum atomic E-state index is 12.2. The topological polar surface area (TPSA) is 75.6 Å². The van der Waals surface area contributed by atoms with Crippen LogP contribution in [0.1, 0.15) is 63.0 Å². The van der Waals surface area contributed by atoms with Crippen molar-refractivity contribution in [3.05, 3.63) is 97.1 Å². The summed E-state index contributed by atoms with van der Waals surface area (Å²) in [6.07, 6.45) is 0.687. The predicted molar refractivity (Wildman–Crippen MR) is 144 cm³/mol. The molecule has 2 aromatic rings. The number of allylic oxidation sites excluding steroid dienone is 1. The van der Waals surface area contributed by atoms with Gasteiger partial charge in [0.1, 0.15) is 0 Å². The Balaban J connectivity index is -0.000000945. The van der Waals surface area contributed by atoms with Crippen LogP contribution in [0, 0.1) is 11.8 Å². The van der Waals surface area contributed by atoms with Gasteiger partial charge in [0.2, 0.25) is 0 Å². The molecule has 2 rings (SSSR count). The number of hydrogen-bond acceptors (Lipinski definition) is 4. The van der Waals surface area contributed by atoms with Gasteiger partial charge in [-0.3, -0.25) is 4.79 Å². The van der Waals surface area contributed by atoms with Crippen LogP contribution in [0.3, 0.4) is 0 Å². The normalized spacial score (nSPS) is 9.88. The lowest BCUT2D eigenvalue weighted by Crippen LogP contribution is -2.48. The summed E-state index contributed by atoms with van der Waals surface area (Å²) in [6, 6.07) is 15.1. The predicted octanol–water partition coefficient (Wildman–Crippen LogP) is 5.79. The monoisotopic (exact) mass is 467 g/mol. The Bertz CT molecular complexity index is 847. The van der Waals surface area contributed by atoms with E-state index in [4.69, 9.17) is 0 Å². The number of amides is 1. The highest BCUT2D eigenvalue weighted by atomic mass is 16.5. The number of aliphatic hydroxyl groups excluding tert-OH is 1. The summed E-state index contributed by atoms with van der Waals surface area (Å²) in [6.45, 7) is 20.7. The maximum Gasteiger partial charge on any atom is 0.331 e. The molecular weight excluding hydrogens is 426 g/mol. The average Bonchev–Trinajstić information content (AvgIpc) is 2.90. The molecule has 2 aromatic carbocycles. The summed E-state index contributed by atoms with van der Waals surface area (Å²) in [5.74, 6) is 4.88. The second-order valence-corrected chi connectivity index (χ2v) is 5.82. The van der Waals surface area contributed by atoms with Crippen molar-refractivity contribution in [1.29, 1.82) is 0 Å². The minimum absolute atomic E-state index is 0.361. The molecule has 0 bridgehead atoms. The fraction of sp³-hybridized carbons (Fsp3) is 0.310. The quantitative estimate of drug-likeness (QED) is 0.339. The second kappa shape index (κ2) is 24.0. The van der Waals surface area contributed by atoms with Crippen molar-refractivity contribution in [3.8, 4) is 11.8 Å². The second-order valence-electron chi connectivity index (χ2n) is 5.82. The zero-order chi connectivity index (χ0) is 26.9. The third-order valence-corrected chi connectivity index (χ3v) is 3.50. The molecule has 0 radical (unpaired) electrons. The molecular formula is C29H41NO4. The number of hydrogen-bond donors (Lipinski definition) is 2.